The summed E-state index contributed by atoms with van der Waals surface area (Å²) in [6, 6.07) is 25.0. The number of rotatable bonds is 6. The monoisotopic (exact) mass is 496 g/mol. The highest BCUT2D eigenvalue weighted by Gasteiger charge is 2.16. The minimum atomic E-state index is -0.414. The van der Waals surface area contributed by atoms with Gasteiger partial charge in [0.05, 0.1) is 16.9 Å². The molecule has 0 radical (unpaired) electrons. The number of halogens is 1. The number of aromatic amines is 1. The highest BCUT2D eigenvalue weighted by atomic mass is 35.5. The second-order valence-corrected chi connectivity index (χ2v) is 9.22. The van der Waals surface area contributed by atoms with Crippen molar-refractivity contribution in [3.05, 3.63) is 101 Å². The standard InChI is InChI=1S/C29H25ClN4O2/c1-18-12-14-25-23(16-18)22(28(32-25)26-15-13-19-6-2-3-10-24(19)31-26)9-5-11-27(35)33-34-29(36)20-7-4-8-21(30)17-20/h2-4,6-8,10,12-17,32H,5,9,11H2,1H3,(H,33,35)(H,34,36). The number of aryl methyl sites for hydroxylation is 2. The van der Waals surface area contributed by atoms with Crippen LogP contribution >= 0.6 is 11.6 Å². The lowest BCUT2D eigenvalue weighted by atomic mass is 10.0. The third-order valence-corrected chi connectivity index (χ3v) is 6.38. The summed E-state index contributed by atoms with van der Waals surface area (Å²) in [5.41, 5.74) is 11.4. The largest absolute Gasteiger partial charge is 0.353 e. The molecule has 5 aromatic rings. The van der Waals surface area contributed by atoms with Crippen molar-refractivity contribution in [2.75, 3.05) is 0 Å². The van der Waals surface area contributed by atoms with Gasteiger partial charge in [-0.2, -0.15) is 0 Å². The van der Waals surface area contributed by atoms with Crippen LogP contribution < -0.4 is 10.9 Å². The van der Waals surface area contributed by atoms with Gasteiger partial charge in [0.15, 0.2) is 0 Å². The molecule has 0 spiro atoms. The van der Waals surface area contributed by atoms with Gasteiger partial charge in [-0.25, -0.2) is 4.98 Å². The molecule has 0 saturated carbocycles. The van der Waals surface area contributed by atoms with Gasteiger partial charge in [-0.15, -0.1) is 0 Å². The van der Waals surface area contributed by atoms with Crippen molar-refractivity contribution >= 4 is 45.2 Å². The van der Waals surface area contributed by atoms with Crippen LogP contribution in [0.4, 0.5) is 0 Å². The van der Waals surface area contributed by atoms with Crippen LogP contribution in [0.3, 0.4) is 0 Å². The number of carbonyl (C=O) groups is 2. The van der Waals surface area contributed by atoms with Gasteiger partial charge >= 0.3 is 0 Å². The number of pyridine rings is 1. The quantitative estimate of drug-likeness (QED) is 0.247. The van der Waals surface area contributed by atoms with Crippen molar-refractivity contribution in [2.45, 2.75) is 26.2 Å². The van der Waals surface area contributed by atoms with Gasteiger partial charge in [-0.05, 0) is 67.8 Å². The van der Waals surface area contributed by atoms with Crippen LogP contribution in [-0.4, -0.2) is 21.8 Å². The molecule has 0 atom stereocenters. The predicted molar refractivity (Wildman–Crippen MR) is 144 cm³/mol. The minimum absolute atomic E-state index is 0.258. The molecule has 180 valence electrons. The molecule has 3 N–H and O–H groups in total. The van der Waals surface area contributed by atoms with E-state index in [2.05, 4.69) is 47.0 Å². The molecule has 0 fully saturated rings. The molecule has 2 aromatic heterocycles. The van der Waals surface area contributed by atoms with Gasteiger partial charge < -0.3 is 4.98 Å². The third-order valence-electron chi connectivity index (χ3n) is 6.15. The number of nitrogens with zero attached hydrogens (tertiary/aromatic N) is 1. The smallest absolute Gasteiger partial charge is 0.269 e. The molecule has 2 amide bonds. The Hall–Kier alpha value is -4.16. The van der Waals surface area contributed by atoms with E-state index < -0.39 is 5.91 Å². The average molecular weight is 497 g/mol. The second kappa shape index (κ2) is 10.2. The van der Waals surface area contributed by atoms with Crippen molar-refractivity contribution in [2.24, 2.45) is 0 Å². The van der Waals surface area contributed by atoms with E-state index in [9.17, 15) is 9.59 Å². The van der Waals surface area contributed by atoms with E-state index in [1.54, 1.807) is 24.3 Å². The fourth-order valence-corrected chi connectivity index (χ4v) is 4.55. The summed E-state index contributed by atoms with van der Waals surface area (Å²) in [5, 5.41) is 2.68. The number of hydrogen-bond donors (Lipinski definition) is 3. The lowest BCUT2D eigenvalue weighted by Gasteiger charge is -2.09. The molecule has 0 aliphatic heterocycles. The number of nitrogens with one attached hydrogen (secondary N) is 3. The number of benzene rings is 3. The Labute approximate surface area is 213 Å². The molecule has 36 heavy (non-hydrogen) atoms. The Morgan fingerprint density at radius 1 is 0.944 bits per heavy atom. The zero-order valence-electron chi connectivity index (χ0n) is 19.8. The van der Waals surface area contributed by atoms with Crippen molar-refractivity contribution in [1.82, 2.24) is 20.8 Å². The average Bonchev–Trinajstić information content (AvgIpc) is 3.24. The molecule has 0 bridgehead atoms. The van der Waals surface area contributed by atoms with Crippen LogP contribution in [0, 0.1) is 6.92 Å². The summed E-state index contributed by atoms with van der Waals surface area (Å²) in [5.74, 6) is -0.672. The summed E-state index contributed by atoms with van der Waals surface area (Å²) in [6.07, 6.45) is 1.56. The Morgan fingerprint density at radius 2 is 1.81 bits per heavy atom. The molecule has 3 aromatic carbocycles. The fourth-order valence-electron chi connectivity index (χ4n) is 4.36. The Balaban J connectivity index is 1.31. The molecule has 0 saturated heterocycles. The molecule has 2 heterocycles. The maximum absolute atomic E-state index is 12.4. The van der Waals surface area contributed by atoms with Crippen LogP contribution in [0.25, 0.3) is 33.2 Å². The summed E-state index contributed by atoms with van der Waals surface area (Å²) in [7, 11) is 0. The lowest BCUT2D eigenvalue weighted by molar-refractivity contribution is -0.121. The zero-order valence-corrected chi connectivity index (χ0v) is 20.5. The first-order valence-corrected chi connectivity index (χ1v) is 12.2. The van der Waals surface area contributed by atoms with Gasteiger partial charge in [0, 0.05) is 33.3 Å². The Morgan fingerprint density at radius 3 is 2.67 bits per heavy atom. The molecule has 7 heteroatoms. The van der Waals surface area contributed by atoms with Crippen LogP contribution in [-0.2, 0) is 11.2 Å². The van der Waals surface area contributed by atoms with Crippen LogP contribution in [0.5, 0.6) is 0 Å². The van der Waals surface area contributed by atoms with E-state index in [4.69, 9.17) is 16.6 Å². The van der Waals surface area contributed by atoms with Crippen molar-refractivity contribution in [3.8, 4) is 11.4 Å². The van der Waals surface area contributed by atoms with Crippen molar-refractivity contribution in [1.29, 1.82) is 0 Å². The van der Waals surface area contributed by atoms with Gasteiger partial charge in [0.2, 0.25) is 5.91 Å². The zero-order chi connectivity index (χ0) is 25.1. The molecular weight excluding hydrogens is 472 g/mol. The Bertz CT molecular complexity index is 1590. The number of aromatic nitrogens is 2. The summed E-state index contributed by atoms with van der Waals surface area (Å²) < 4.78 is 0. The van der Waals surface area contributed by atoms with Gasteiger partial charge in [0.1, 0.15) is 0 Å². The van der Waals surface area contributed by atoms with Crippen LogP contribution in [0.1, 0.15) is 34.3 Å². The number of hydrazine groups is 1. The molecule has 0 unspecified atom stereocenters. The minimum Gasteiger partial charge on any atom is -0.353 e. The van der Waals surface area contributed by atoms with E-state index in [0.29, 0.717) is 23.4 Å². The first-order chi connectivity index (χ1) is 17.5. The summed E-state index contributed by atoms with van der Waals surface area (Å²) in [6.45, 7) is 2.07. The summed E-state index contributed by atoms with van der Waals surface area (Å²) >= 11 is 5.93. The number of para-hydroxylation sites is 1. The maximum Gasteiger partial charge on any atom is 0.269 e. The molecule has 0 aliphatic carbocycles. The first kappa shape index (κ1) is 23.6. The van der Waals surface area contributed by atoms with E-state index in [1.165, 1.54) is 5.56 Å². The second-order valence-electron chi connectivity index (χ2n) is 8.78. The van der Waals surface area contributed by atoms with Crippen LogP contribution in [0.2, 0.25) is 5.02 Å². The number of H-pyrrole nitrogens is 1. The highest BCUT2D eigenvalue weighted by molar-refractivity contribution is 6.31. The molecule has 6 nitrogen and oxygen atoms in total. The topological polar surface area (TPSA) is 86.9 Å². The first-order valence-electron chi connectivity index (χ1n) is 11.8. The SMILES string of the molecule is Cc1ccc2[nH]c(-c3ccc4ccccc4n3)c(CCCC(=O)NNC(=O)c3cccc(Cl)c3)c2c1. The normalized spacial score (nSPS) is 11.1. The number of carbonyl (C=O) groups excluding carboxylic acids is 2. The van der Waals surface area contributed by atoms with E-state index in [-0.39, 0.29) is 12.3 Å². The highest BCUT2D eigenvalue weighted by Crippen LogP contribution is 2.32. The third kappa shape index (κ3) is 5.09. The van der Waals surface area contributed by atoms with Gasteiger partial charge in [-0.1, -0.05) is 53.6 Å². The molecule has 5 rings (SSSR count). The van der Waals surface area contributed by atoms with E-state index in [1.807, 2.05) is 30.3 Å². The maximum atomic E-state index is 12.4. The molecule has 0 aliphatic rings. The number of hydrogen-bond acceptors (Lipinski definition) is 3. The molecular formula is C29H25ClN4O2. The van der Waals surface area contributed by atoms with E-state index >= 15 is 0 Å². The van der Waals surface area contributed by atoms with Crippen LogP contribution in [0.15, 0.2) is 78.9 Å². The van der Waals surface area contributed by atoms with E-state index in [0.717, 1.165) is 38.8 Å². The predicted octanol–water partition coefficient (Wildman–Crippen LogP) is 6.13. The number of amides is 2. The Kier molecular flexibility index (Phi) is 6.69. The van der Waals surface area contributed by atoms with Gasteiger partial charge in [0.25, 0.3) is 5.91 Å². The fraction of sp³-hybridized carbons (Fsp3) is 0.138. The lowest BCUT2D eigenvalue weighted by Crippen LogP contribution is -2.41. The van der Waals surface area contributed by atoms with Crippen molar-refractivity contribution in [3.63, 3.8) is 0 Å². The number of fused-ring (bicyclic) bond motifs is 2. The van der Waals surface area contributed by atoms with Crippen molar-refractivity contribution < 1.29 is 9.59 Å². The summed E-state index contributed by atoms with van der Waals surface area (Å²) in [4.78, 5) is 33.1. The van der Waals surface area contributed by atoms with Gasteiger partial charge in [-0.3, -0.25) is 20.4 Å².